The molecule has 25 heavy (non-hydrogen) atoms. The Hall–Kier alpha value is -2.71. The molecule has 0 amide bonds. The third kappa shape index (κ3) is 3.26. The molecule has 3 aromatic rings. The van der Waals surface area contributed by atoms with Crippen molar-refractivity contribution in [3.05, 3.63) is 30.3 Å². The van der Waals surface area contributed by atoms with Crippen LogP contribution in [0.1, 0.15) is 0 Å². The smallest absolute Gasteiger partial charge is 0.170 e. The molecule has 1 aliphatic heterocycles. The first-order chi connectivity index (χ1) is 12.2. The van der Waals surface area contributed by atoms with E-state index in [9.17, 15) is 0 Å². The van der Waals surface area contributed by atoms with Crippen molar-refractivity contribution in [1.82, 2.24) is 15.3 Å². The highest BCUT2D eigenvalue weighted by molar-refractivity contribution is 7.80. The molecule has 2 aromatic carbocycles. The first-order valence-electron chi connectivity index (χ1n) is 7.90. The fourth-order valence-electron chi connectivity index (χ4n) is 2.64. The molecule has 2 heterocycles. The van der Waals surface area contributed by atoms with Crippen LogP contribution in [0.5, 0.6) is 11.5 Å². The van der Waals surface area contributed by atoms with Gasteiger partial charge in [-0.3, -0.25) is 0 Å². The van der Waals surface area contributed by atoms with Gasteiger partial charge in [0.1, 0.15) is 13.2 Å². The number of rotatable bonds is 3. The Bertz CT molecular complexity index is 963. The van der Waals surface area contributed by atoms with Crippen LogP contribution >= 0.6 is 12.2 Å². The molecule has 3 N–H and O–H groups in total. The first kappa shape index (κ1) is 15.8. The molecule has 0 unspecified atom stereocenters. The van der Waals surface area contributed by atoms with Gasteiger partial charge < -0.3 is 25.2 Å². The van der Waals surface area contributed by atoms with Crippen LogP contribution in [0.3, 0.4) is 0 Å². The number of fused-ring (bicyclic) bond motifs is 3. The van der Waals surface area contributed by atoms with Crippen molar-refractivity contribution in [2.24, 2.45) is 0 Å². The van der Waals surface area contributed by atoms with Gasteiger partial charge >= 0.3 is 0 Å². The van der Waals surface area contributed by atoms with Crippen molar-refractivity contribution in [2.45, 2.75) is 0 Å². The molecule has 0 saturated heterocycles. The van der Waals surface area contributed by atoms with Crippen LogP contribution in [0, 0.1) is 0 Å². The third-order valence-corrected chi connectivity index (χ3v) is 4.00. The largest absolute Gasteiger partial charge is 0.486 e. The van der Waals surface area contributed by atoms with Gasteiger partial charge in [-0.05, 0) is 30.4 Å². The average molecular weight is 356 g/mol. The summed E-state index contributed by atoms with van der Waals surface area (Å²) in [5, 5.41) is 15.2. The highest BCUT2D eigenvalue weighted by atomic mass is 32.1. The van der Waals surface area contributed by atoms with Gasteiger partial charge in [-0.25, -0.2) is 9.97 Å². The molecule has 4 rings (SSSR count). The molecule has 0 aliphatic carbocycles. The zero-order chi connectivity index (χ0) is 17.2. The fourth-order valence-corrected chi connectivity index (χ4v) is 2.86. The Morgan fingerprint density at radius 1 is 1.00 bits per heavy atom. The van der Waals surface area contributed by atoms with E-state index in [1.807, 2.05) is 30.3 Å². The highest BCUT2D eigenvalue weighted by Gasteiger charge is 2.14. The van der Waals surface area contributed by atoms with Crippen LogP contribution in [0.15, 0.2) is 30.3 Å². The summed E-state index contributed by atoms with van der Waals surface area (Å²) in [7, 11) is 0. The van der Waals surface area contributed by atoms with Crippen molar-refractivity contribution in [1.29, 1.82) is 0 Å². The second kappa shape index (κ2) is 6.66. The normalized spacial score (nSPS) is 13.0. The molecular formula is C17H16N4O3S. The summed E-state index contributed by atoms with van der Waals surface area (Å²) in [5.74, 6) is 1.39. The lowest BCUT2D eigenvalue weighted by atomic mass is 10.2. The van der Waals surface area contributed by atoms with E-state index in [0.717, 1.165) is 27.8 Å². The van der Waals surface area contributed by atoms with Crippen molar-refractivity contribution >= 4 is 45.1 Å². The summed E-state index contributed by atoms with van der Waals surface area (Å²) >= 11 is 5.17. The minimum absolute atomic E-state index is 0.0209. The van der Waals surface area contributed by atoms with E-state index >= 15 is 0 Å². The Morgan fingerprint density at radius 3 is 2.32 bits per heavy atom. The number of nitrogens with zero attached hydrogens (tertiary/aromatic N) is 2. The molecule has 1 aliphatic rings. The average Bonchev–Trinajstić information content (AvgIpc) is 2.63. The minimum Gasteiger partial charge on any atom is -0.486 e. The second-order valence-corrected chi connectivity index (χ2v) is 5.92. The van der Waals surface area contributed by atoms with Crippen LogP contribution in [-0.4, -0.2) is 46.6 Å². The first-order valence-corrected chi connectivity index (χ1v) is 8.30. The van der Waals surface area contributed by atoms with E-state index < -0.39 is 0 Å². The summed E-state index contributed by atoms with van der Waals surface area (Å²) in [6.07, 6.45) is 0. The lowest BCUT2D eigenvalue weighted by molar-refractivity contribution is 0.172. The Kier molecular flexibility index (Phi) is 4.21. The van der Waals surface area contributed by atoms with E-state index in [2.05, 4.69) is 20.6 Å². The summed E-state index contributed by atoms with van der Waals surface area (Å²) in [6, 6.07) is 9.36. The molecule has 0 bridgehead atoms. The molecule has 7 nitrogen and oxygen atoms in total. The molecule has 0 atom stereocenters. The molecule has 1 aromatic heterocycles. The van der Waals surface area contributed by atoms with Gasteiger partial charge in [0.05, 0.1) is 28.7 Å². The summed E-state index contributed by atoms with van der Waals surface area (Å²) in [4.78, 5) is 9.32. The predicted molar refractivity (Wildman–Crippen MR) is 99.3 cm³/mol. The number of anilines is 1. The standard InChI is InChI=1S/C17H16N4O3S/c22-4-3-18-17(25)19-10-1-2-11-12(7-10)21-14-9-16-15(8-13(14)20-11)23-5-6-24-16/h1-2,7-9,22H,3-6H2,(H2,18,19,25). The summed E-state index contributed by atoms with van der Waals surface area (Å²) < 4.78 is 11.2. The Labute approximate surface area is 149 Å². The van der Waals surface area contributed by atoms with Gasteiger partial charge in [-0.15, -0.1) is 0 Å². The quantitative estimate of drug-likeness (QED) is 0.484. The van der Waals surface area contributed by atoms with E-state index in [4.69, 9.17) is 26.8 Å². The van der Waals surface area contributed by atoms with Crippen LogP contribution in [-0.2, 0) is 0 Å². The van der Waals surface area contributed by atoms with E-state index in [1.54, 1.807) is 0 Å². The van der Waals surface area contributed by atoms with Crippen molar-refractivity contribution in [3.63, 3.8) is 0 Å². The minimum atomic E-state index is 0.0209. The zero-order valence-electron chi connectivity index (χ0n) is 13.3. The number of aromatic nitrogens is 2. The topological polar surface area (TPSA) is 88.5 Å². The van der Waals surface area contributed by atoms with Gasteiger partial charge in [0, 0.05) is 24.4 Å². The molecular weight excluding hydrogens is 340 g/mol. The fraction of sp³-hybridized carbons (Fsp3) is 0.235. The van der Waals surface area contributed by atoms with Gasteiger partial charge in [-0.1, -0.05) is 0 Å². The van der Waals surface area contributed by atoms with Gasteiger partial charge in [0.2, 0.25) is 0 Å². The molecule has 0 spiro atoms. The molecule has 8 heteroatoms. The highest BCUT2D eigenvalue weighted by Crippen LogP contribution is 2.34. The molecule has 0 radical (unpaired) electrons. The SMILES string of the molecule is OCCNC(=S)Nc1ccc2nc3cc4c(cc3nc2c1)OCCO4. The Morgan fingerprint density at radius 2 is 1.64 bits per heavy atom. The molecule has 0 fully saturated rings. The maximum Gasteiger partial charge on any atom is 0.170 e. The number of aliphatic hydroxyl groups is 1. The van der Waals surface area contributed by atoms with E-state index in [-0.39, 0.29) is 6.61 Å². The van der Waals surface area contributed by atoms with Crippen molar-refractivity contribution in [3.8, 4) is 11.5 Å². The molecule has 128 valence electrons. The van der Waals surface area contributed by atoms with Crippen molar-refractivity contribution < 1.29 is 14.6 Å². The van der Waals surface area contributed by atoms with E-state index in [0.29, 0.717) is 36.4 Å². The third-order valence-electron chi connectivity index (χ3n) is 3.75. The molecule has 0 saturated carbocycles. The predicted octanol–water partition coefficient (Wildman–Crippen LogP) is 1.83. The number of benzene rings is 2. The number of hydrogen-bond donors (Lipinski definition) is 3. The van der Waals surface area contributed by atoms with Crippen LogP contribution in [0.2, 0.25) is 0 Å². The number of aliphatic hydroxyl groups excluding tert-OH is 1. The number of ether oxygens (including phenoxy) is 2. The van der Waals surface area contributed by atoms with Crippen molar-refractivity contribution in [2.75, 3.05) is 31.7 Å². The Balaban J connectivity index is 1.69. The maximum absolute atomic E-state index is 8.82. The lowest BCUT2D eigenvalue weighted by Crippen LogP contribution is -2.30. The monoisotopic (exact) mass is 356 g/mol. The summed E-state index contributed by atoms with van der Waals surface area (Å²) in [6.45, 7) is 1.49. The van der Waals surface area contributed by atoms with Gasteiger partial charge in [-0.2, -0.15) is 0 Å². The maximum atomic E-state index is 8.82. The van der Waals surface area contributed by atoms with Gasteiger partial charge in [0.25, 0.3) is 0 Å². The van der Waals surface area contributed by atoms with E-state index in [1.165, 1.54) is 0 Å². The number of thiocarbonyl (C=S) groups is 1. The van der Waals surface area contributed by atoms with Gasteiger partial charge in [0.15, 0.2) is 16.6 Å². The van der Waals surface area contributed by atoms with Crippen LogP contribution in [0.25, 0.3) is 22.1 Å². The lowest BCUT2D eigenvalue weighted by Gasteiger charge is -2.18. The van der Waals surface area contributed by atoms with Crippen LogP contribution < -0.4 is 20.1 Å². The second-order valence-electron chi connectivity index (χ2n) is 5.52. The number of hydrogen-bond acceptors (Lipinski definition) is 6. The number of nitrogens with one attached hydrogen (secondary N) is 2. The summed E-state index contributed by atoms with van der Waals surface area (Å²) in [5.41, 5.74) is 3.84. The van der Waals surface area contributed by atoms with Crippen LogP contribution in [0.4, 0.5) is 5.69 Å². The zero-order valence-corrected chi connectivity index (χ0v) is 14.1.